The van der Waals surface area contributed by atoms with Gasteiger partial charge in [0.2, 0.25) is 0 Å². The second-order valence-electron chi connectivity index (χ2n) is 4.05. The summed E-state index contributed by atoms with van der Waals surface area (Å²) in [6.45, 7) is 2.16. The van der Waals surface area contributed by atoms with E-state index in [1.165, 1.54) is 5.56 Å². The monoisotopic (exact) mass is 239 g/mol. The topological polar surface area (TPSA) is 38.3 Å². The number of anilines is 1. The number of fused-ring (bicyclic) bond motifs is 1. The van der Waals surface area contributed by atoms with E-state index in [-0.39, 0.29) is 0 Å². The third kappa shape index (κ3) is 2.21. The minimum Gasteiger partial charge on any atom is -0.497 e. The molecule has 1 N–H and O–H groups in total. The highest BCUT2D eigenvalue weighted by molar-refractivity contribution is 7.86. The highest BCUT2D eigenvalue weighted by Crippen LogP contribution is 2.35. The Morgan fingerprint density at radius 1 is 1.56 bits per heavy atom. The molecule has 2 rings (SSSR count). The van der Waals surface area contributed by atoms with Gasteiger partial charge >= 0.3 is 0 Å². The molecule has 0 amide bonds. The molecular formula is C12H17NO2S. The molecule has 1 aliphatic rings. The maximum Gasteiger partial charge on any atom is 0.119 e. The molecule has 3 nitrogen and oxygen atoms in total. The van der Waals surface area contributed by atoms with E-state index in [4.69, 9.17) is 4.74 Å². The lowest BCUT2D eigenvalue weighted by atomic mass is 9.94. The van der Waals surface area contributed by atoms with E-state index in [0.717, 1.165) is 24.3 Å². The number of hydrogen-bond acceptors (Lipinski definition) is 2. The van der Waals surface area contributed by atoms with Crippen LogP contribution in [0, 0.1) is 0 Å². The van der Waals surface area contributed by atoms with Gasteiger partial charge < -0.3 is 9.46 Å². The van der Waals surface area contributed by atoms with Crippen molar-refractivity contribution in [2.24, 2.45) is 0 Å². The molecule has 4 heteroatoms. The Bertz CT molecular complexity index is 406. The van der Waals surface area contributed by atoms with E-state index in [1.807, 2.05) is 12.1 Å². The van der Waals surface area contributed by atoms with Crippen molar-refractivity contribution >= 4 is 16.7 Å². The van der Waals surface area contributed by atoms with Crippen molar-refractivity contribution in [3.63, 3.8) is 0 Å². The lowest BCUT2D eigenvalue weighted by Gasteiger charge is -2.26. The second-order valence-corrected chi connectivity index (χ2v) is 5.28. The molecular weight excluding hydrogens is 222 g/mol. The molecule has 1 aromatic carbocycles. The van der Waals surface area contributed by atoms with Gasteiger partial charge in [0.15, 0.2) is 0 Å². The fourth-order valence-corrected chi connectivity index (χ4v) is 3.35. The Labute approximate surface area is 98.8 Å². The van der Waals surface area contributed by atoms with Crippen LogP contribution < -0.4 is 9.46 Å². The van der Waals surface area contributed by atoms with Gasteiger partial charge in [-0.2, -0.15) is 0 Å². The van der Waals surface area contributed by atoms with Gasteiger partial charge in [-0.25, -0.2) is 4.21 Å². The number of rotatable bonds is 3. The Morgan fingerprint density at radius 3 is 3.06 bits per heavy atom. The van der Waals surface area contributed by atoms with Gasteiger partial charge in [0, 0.05) is 0 Å². The number of benzene rings is 1. The van der Waals surface area contributed by atoms with Crippen LogP contribution in [0.1, 0.15) is 31.2 Å². The van der Waals surface area contributed by atoms with E-state index in [1.54, 1.807) is 7.11 Å². The maximum absolute atomic E-state index is 11.6. The van der Waals surface area contributed by atoms with Crippen LogP contribution in [0.15, 0.2) is 18.2 Å². The zero-order valence-electron chi connectivity index (χ0n) is 9.66. The number of methoxy groups -OCH3 is 1. The minimum atomic E-state index is -0.933. The van der Waals surface area contributed by atoms with Gasteiger partial charge in [-0.15, -0.1) is 0 Å². The van der Waals surface area contributed by atoms with Crippen molar-refractivity contribution in [3.8, 4) is 5.75 Å². The minimum absolute atomic E-state index is 0.386. The van der Waals surface area contributed by atoms with Gasteiger partial charge in [-0.05, 0) is 36.1 Å². The highest BCUT2D eigenvalue weighted by Gasteiger charge is 2.23. The van der Waals surface area contributed by atoms with Gasteiger partial charge in [0.1, 0.15) is 16.7 Å². The summed E-state index contributed by atoms with van der Waals surface area (Å²) in [7, 11) is 0.739. The van der Waals surface area contributed by atoms with Crippen molar-refractivity contribution in [3.05, 3.63) is 23.8 Å². The first-order valence-corrected chi connectivity index (χ1v) is 6.89. The molecule has 1 aliphatic heterocycles. The van der Waals surface area contributed by atoms with E-state index in [2.05, 4.69) is 17.7 Å². The Hall–Kier alpha value is -1.03. The maximum atomic E-state index is 11.6. The van der Waals surface area contributed by atoms with Crippen LogP contribution in [-0.2, 0) is 11.0 Å². The summed E-state index contributed by atoms with van der Waals surface area (Å²) in [6.07, 6.45) is 2.19. The molecule has 2 atom stereocenters. The van der Waals surface area contributed by atoms with Crippen LogP contribution in [0.25, 0.3) is 0 Å². The summed E-state index contributed by atoms with van der Waals surface area (Å²) in [6, 6.07) is 5.91. The fraction of sp³-hybridized carbons (Fsp3) is 0.500. The van der Waals surface area contributed by atoms with Crippen molar-refractivity contribution in [2.75, 3.05) is 17.6 Å². The van der Waals surface area contributed by atoms with Crippen LogP contribution in [0.5, 0.6) is 5.75 Å². The van der Waals surface area contributed by atoms with Gasteiger partial charge in [0.05, 0.1) is 18.6 Å². The predicted molar refractivity (Wildman–Crippen MR) is 67.3 cm³/mol. The Balaban J connectivity index is 2.37. The summed E-state index contributed by atoms with van der Waals surface area (Å²) in [4.78, 5) is 0. The van der Waals surface area contributed by atoms with Crippen LogP contribution in [-0.4, -0.2) is 17.1 Å². The van der Waals surface area contributed by atoms with Gasteiger partial charge in [-0.3, -0.25) is 0 Å². The van der Waals surface area contributed by atoms with Crippen LogP contribution >= 0.6 is 0 Å². The molecule has 0 saturated carbocycles. The third-order valence-corrected chi connectivity index (χ3v) is 4.06. The standard InChI is InChI=1S/C12H17NO2S/c1-3-4-9-8-16(14)13-12-6-5-10(15-2)7-11(9)12/h5-7,9,13H,3-4,8H2,1-2H3/t9-,16?/m0/s1. The zero-order valence-corrected chi connectivity index (χ0v) is 10.5. The molecule has 0 saturated heterocycles. The first kappa shape index (κ1) is 11.5. The van der Waals surface area contributed by atoms with E-state index in [0.29, 0.717) is 11.7 Å². The molecule has 1 heterocycles. The van der Waals surface area contributed by atoms with Crippen LogP contribution in [0.4, 0.5) is 5.69 Å². The number of hydrogen-bond donors (Lipinski definition) is 1. The molecule has 0 fully saturated rings. The molecule has 0 bridgehead atoms. The number of nitrogens with one attached hydrogen (secondary N) is 1. The van der Waals surface area contributed by atoms with Crippen LogP contribution in [0.3, 0.4) is 0 Å². The van der Waals surface area contributed by atoms with E-state index < -0.39 is 11.0 Å². The summed E-state index contributed by atoms with van der Waals surface area (Å²) in [5.74, 6) is 1.96. The van der Waals surface area contributed by atoms with Crippen molar-refractivity contribution in [2.45, 2.75) is 25.7 Å². The quantitative estimate of drug-likeness (QED) is 0.880. The average Bonchev–Trinajstić information content (AvgIpc) is 2.29. The Kier molecular flexibility index (Phi) is 3.49. The first-order chi connectivity index (χ1) is 7.74. The molecule has 0 radical (unpaired) electrons. The van der Waals surface area contributed by atoms with Crippen LogP contribution in [0.2, 0.25) is 0 Å². The third-order valence-electron chi connectivity index (χ3n) is 2.91. The largest absolute Gasteiger partial charge is 0.497 e. The molecule has 0 spiro atoms. The summed E-state index contributed by atoms with van der Waals surface area (Å²) in [5, 5.41) is 0. The number of ether oxygens (including phenoxy) is 1. The average molecular weight is 239 g/mol. The lowest BCUT2D eigenvalue weighted by molar-refractivity contribution is 0.414. The molecule has 0 aromatic heterocycles. The Morgan fingerprint density at radius 2 is 2.38 bits per heavy atom. The van der Waals surface area contributed by atoms with E-state index in [9.17, 15) is 4.21 Å². The molecule has 16 heavy (non-hydrogen) atoms. The first-order valence-electron chi connectivity index (χ1n) is 5.57. The highest BCUT2D eigenvalue weighted by atomic mass is 32.2. The lowest BCUT2D eigenvalue weighted by Crippen LogP contribution is -2.22. The molecule has 1 unspecified atom stereocenters. The summed E-state index contributed by atoms with van der Waals surface area (Å²) < 4.78 is 19.9. The van der Waals surface area contributed by atoms with Crippen molar-refractivity contribution in [1.82, 2.24) is 0 Å². The van der Waals surface area contributed by atoms with Gasteiger partial charge in [0.25, 0.3) is 0 Å². The fourth-order valence-electron chi connectivity index (χ4n) is 2.12. The second kappa shape index (κ2) is 4.87. The summed E-state index contributed by atoms with van der Waals surface area (Å²) in [5.41, 5.74) is 2.23. The molecule has 88 valence electrons. The molecule has 0 aliphatic carbocycles. The SMILES string of the molecule is CCC[C@H]1CS(=O)Nc2ccc(OC)cc21. The summed E-state index contributed by atoms with van der Waals surface area (Å²) >= 11 is 0. The van der Waals surface area contributed by atoms with Crippen molar-refractivity contribution < 1.29 is 8.95 Å². The van der Waals surface area contributed by atoms with E-state index >= 15 is 0 Å². The van der Waals surface area contributed by atoms with Gasteiger partial charge in [-0.1, -0.05) is 13.3 Å². The smallest absolute Gasteiger partial charge is 0.119 e. The zero-order chi connectivity index (χ0) is 11.5. The molecule has 1 aromatic rings. The van der Waals surface area contributed by atoms with Crippen molar-refractivity contribution in [1.29, 1.82) is 0 Å². The normalized spacial score (nSPS) is 23.4. The predicted octanol–water partition coefficient (Wildman–Crippen LogP) is 2.67.